The van der Waals surface area contributed by atoms with Crippen LogP contribution >= 0.6 is 0 Å². The van der Waals surface area contributed by atoms with Crippen LogP contribution in [-0.2, 0) is 6.54 Å². The van der Waals surface area contributed by atoms with Gasteiger partial charge in [-0.15, -0.1) is 0 Å². The van der Waals surface area contributed by atoms with Crippen molar-refractivity contribution >= 4 is 0 Å². The van der Waals surface area contributed by atoms with Gasteiger partial charge in [0.2, 0.25) is 0 Å². The molecule has 17 heavy (non-hydrogen) atoms. The second kappa shape index (κ2) is 6.17. The smallest absolute Gasteiger partial charge is 0.124 e. The quantitative estimate of drug-likeness (QED) is 0.849. The molecule has 4 nitrogen and oxygen atoms in total. The van der Waals surface area contributed by atoms with Gasteiger partial charge in [-0.1, -0.05) is 12.1 Å². The van der Waals surface area contributed by atoms with Gasteiger partial charge in [0, 0.05) is 18.7 Å². The summed E-state index contributed by atoms with van der Waals surface area (Å²) in [5, 5.41) is 7.46. The molecule has 0 saturated carbocycles. The summed E-state index contributed by atoms with van der Waals surface area (Å²) in [5.74, 6) is 0.796. The van der Waals surface area contributed by atoms with E-state index in [1.807, 2.05) is 6.07 Å². The Labute approximate surface area is 103 Å². The van der Waals surface area contributed by atoms with Crippen molar-refractivity contribution in [2.75, 3.05) is 19.6 Å². The maximum absolute atomic E-state index is 4.82. The van der Waals surface area contributed by atoms with E-state index in [2.05, 4.69) is 29.2 Å². The van der Waals surface area contributed by atoms with Crippen LogP contribution in [0.2, 0.25) is 0 Å². The van der Waals surface area contributed by atoms with Crippen LogP contribution in [0.15, 0.2) is 16.9 Å². The Morgan fingerprint density at radius 3 is 2.88 bits per heavy atom. The Hall–Kier alpha value is -0.870. The first-order chi connectivity index (χ1) is 8.29. The fourth-order valence-electron chi connectivity index (χ4n) is 2.53. The molecule has 4 heteroatoms. The van der Waals surface area contributed by atoms with Crippen LogP contribution in [0, 0.1) is 5.92 Å². The molecule has 1 N–H and O–H groups in total. The minimum Gasteiger partial charge on any atom is -0.364 e. The maximum atomic E-state index is 4.82. The molecule has 0 radical (unpaired) electrons. The standard InChI is InChI=1S/C13H23N3O/c1-3-16-7-4-12(5-8-16)11(2)14-10-13-6-9-17-15-13/h6,9,11-12,14H,3-5,7-8,10H2,1-2H3. The van der Waals surface area contributed by atoms with Gasteiger partial charge in [0.25, 0.3) is 0 Å². The number of rotatable bonds is 5. The molecule has 1 saturated heterocycles. The molecular formula is C13H23N3O. The van der Waals surface area contributed by atoms with Gasteiger partial charge in [-0.25, -0.2) is 0 Å². The molecule has 96 valence electrons. The summed E-state index contributed by atoms with van der Waals surface area (Å²) in [7, 11) is 0. The number of aromatic nitrogens is 1. The zero-order chi connectivity index (χ0) is 12.1. The average Bonchev–Trinajstić information content (AvgIpc) is 2.89. The lowest BCUT2D eigenvalue weighted by Gasteiger charge is -2.34. The van der Waals surface area contributed by atoms with E-state index in [9.17, 15) is 0 Å². The van der Waals surface area contributed by atoms with Crippen molar-refractivity contribution in [2.24, 2.45) is 5.92 Å². The zero-order valence-electron chi connectivity index (χ0n) is 10.9. The van der Waals surface area contributed by atoms with Gasteiger partial charge in [-0.05, 0) is 45.3 Å². The predicted octanol–water partition coefficient (Wildman–Crippen LogP) is 1.88. The van der Waals surface area contributed by atoms with Crippen LogP contribution in [0.4, 0.5) is 0 Å². The Bertz CT molecular complexity index is 304. The van der Waals surface area contributed by atoms with Gasteiger partial charge in [0.05, 0.1) is 5.69 Å². The zero-order valence-corrected chi connectivity index (χ0v) is 10.9. The molecule has 1 atom stereocenters. The lowest BCUT2D eigenvalue weighted by atomic mass is 9.90. The first kappa shape index (κ1) is 12.6. The van der Waals surface area contributed by atoms with Crippen molar-refractivity contribution in [3.05, 3.63) is 18.0 Å². The van der Waals surface area contributed by atoms with Crippen molar-refractivity contribution < 1.29 is 4.52 Å². The number of hydrogen-bond donors (Lipinski definition) is 1. The van der Waals surface area contributed by atoms with E-state index in [-0.39, 0.29) is 0 Å². The second-order valence-corrected chi connectivity index (χ2v) is 4.93. The third-order valence-corrected chi connectivity index (χ3v) is 3.88. The number of nitrogens with one attached hydrogen (secondary N) is 1. The minimum absolute atomic E-state index is 0.561. The summed E-state index contributed by atoms with van der Waals surface area (Å²) in [6, 6.07) is 2.48. The molecule has 1 fully saturated rings. The molecule has 0 amide bonds. The fourth-order valence-corrected chi connectivity index (χ4v) is 2.53. The van der Waals surface area contributed by atoms with Crippen LogP contribution in [0.3, 0.4) is 0 Å². The van der Waals surface area contributed by atoms with Crippen molar-refractivity contribution in [2.45, 2.75) is 39.3 Å². The van der Waals surface area contributed by atoms with Crippen LogP contribution in [0.1, 0.15) is 32.4 Å². The van der Waals surface area contributed by atoms with Crippen LogP contribution in [0.25, 0.3) is 0 Å². The van der Waals surface area contributed by atoms with Gasteiger partial charge < -0.3 is 14.7 Å². The predicted molar refractivity (Wildman–Crippen MR) is 67.6 cm³/mol. The van der Waals surface area contributed by atoms with E-state index in [4.69, 9.17) is 4.52 Å². The Balaban J connectivity index is 1.71. The largest absolute Gasteiger partial charge is 0.364 e. The number of nitrogens with zero attached hydrogens (tertiary/aromatic N) is 2. The molecule has 1 aromatic heterocycles. The summed E-state index contributed by atoms with van der Waals surface area (Å²) in [4.78, 5) is 2.53. The Morgan fingerprint density at radius 2 is 2.29 bits per heavy atom. The van der Waals surface area contributed by atoms with Gasteiger partial charge in [-0.2, -0.15) is 0 Å². The second-order valence-electron chi connectivity index (χ2n) is 4.93. The Morgan fingerprint density at radius 1 is 1.53 bits per heavy atom. The SMILES string of the molecule is CCN1CCC(C(C)NCc2ccon2)CC1. The summed E-state index contributed by atoms with van der Waals surface area (Å²) in [6.07, 6.45) is 4.24. The van der Waals surface area contributed by atoms with Crippen molar-refractivity contribution in [1.82, 2.24) is 15.4 Å². The molecule has 2 heterocycles. The molecule has 1 aliphatic rings. The summed E-state index contributed by atoms with van der Waals surface area (Å²) in [5.41, 5.74) is 0.989. The highest BCUT2D eigenvalue weighted by molar-refractivity contribution is 4.95. The number of hydrogen-bond acceptors (Lipinski definition) is 4. The molecule has 0 aromatic carbocycles. The van der Waals surface area contributed by atoms with Crippen molar-refractivity contribution in [3.8, 4) is 0 Å². The first-order valence-corrected chi connectivity index (χ1v) is 6.64. The average molecular weight is 237 g/mol. The lowest BCUT2D eigenvalue weighted by Crippen LogP contribution is -2.41. The number of piperidine rings is 1. The van der Waals surface area contributed by atoms with Crippen molar-refractivity contribution in [1.29, 1.82) is 0 Å². The van der Waals surface area contributed by atoms with E-state index in [1.54, 1.807) is 6.26 Å². The highest BCUT2D eigenvalue weighted by Gasteiger charge is 2.22. The molecule has 1 unspecified atom stereocenters. The fraction of sp³-hybridized carbons (Fsp3) is 0.769. The molecule has 0 aliphatic carbocycles. The lowest BCUT2D eigenvalue weighted by molar-refractivity contribution is 0.168. The van der Waals surface area contributed by atoms with E-state index in [1.165, 1.54) is 32.5 Å². The monoisotopic (exact) mass is 237 g/mol. The first-order valence-electron chi connectivity index (χ1n) is 6.64. The van der Waals surface area contributed by atoms with Crippen molar-refractivity contribution in [3.63, 3.8) is 0 Å². The molecule has 2 rings (SSSR count). The van der Waals surface area contributed by atoms with Crippen LogP contribution < -0.4 is 5.32 Å². The molecule has 1 aromatic rings. The normalized spacial score (nSPS) is 20.6. The van der Waals surface area contributed by atoms with Gasteiger partial charge in [0.1, 0.15) is 6.26 Å². The van der Waals surface area contributed by atoms with E-state index in [0.717, 1.165) is 18.2 Å². The van der Waals surface area contributed by atoms with E-state index in [0.29, 0.717) is 6.04 Å². The molecular weight excluding hydrogens is 214 g/mol. The van der Waals surface area contributed by atoms with Gasteiger partial charge in [0.15, 0.2) is 0 Å². The van der Waals surface area contributed by atoms with Crippen LogP contribution in [0.5, 0.6) is 0 Å². The maximum Gasteiger partial charge on any atom is 0.124 e. The summed E-state index contributed by atoms with van der Waals surface area (Å²) >= 11 is 0. The summed E-state index contributed by atoms with van der Waals surface area (Å²) in [6.45, 7) is 9.02. The summed E-state index contributed by atoms with van der Waals surface area (Å²) < 4.78 is 4.82. The van der Waals surface area contributed by atoms with Gasteiger partial charge >= 0.3 is 0 Å². The Kier molecular flexibility index (Phi) is 4.57. The van der Waals surface area contributed by atoms with Crippen LogP contribution in [-0.4, -0.2) is 35.7 Å². The number of likely N-dealkylation sites (tertiary alicyclic amines) is 1. The molecule has 0 bridgehead atoms. The third-order valence-electron chi connectivity index (χ3n) is 3.88. The van der Waals surface area contributed by atoms with Gasteiger partial charge in [-0.3, -0.25) is 0 Å². The molecule has 0 spiro atoms. The third kappa shape index (κ3) is 3.54. The molecule has 1 aliphatic heterocycles. The minimum atomic E-state index is 0.561. The van der Waals surface area contributed by atoms with E-state index >= 15 is 0 Å². The van der Waals surface area contributed by atoms with E-state index < -0.39 is 0 Å². The topological polar surface area (TPSA) is 41.3 Å². The highest BCUT2D eigenvalue weighted by Crippen LogP contribution is 2.20. The highest BCUT2D eigenvalue weighted by atomic mass is 16.5.